The van der Waals surface area contributed by atoms with Crippen LogP contribution in [0.2, 0.25) is 5.02 Å². The van der Waals surface area contributed by atoms with Crippen LogP contribution in [-0.2, 0) is 4.74 Å². The summed E-state index contributed by atoms with van der Waals surface area (Å²) in [4.78, 5) is 11.2. The van der Waals surface area contributed by atoms with E-state index in [-0.39, 0.29) is 12.5 Å². The highest BCUT2D eigenvalue weighted by atomic mass is 35.5. The molecule has 0 heterocycles. The highest BCUT2D eigenvalue weighted by molar-refractivity contribution is 6.30. The molecule has 0 aliphatic carbocycles. The molecule has 0 atom stereocenters. The maximum absolute atomic E-state index is 11.2. The number of benzene rings is 3. The summed E-state index contributed by atoms with van der Waals surface area (Å²) < 4.78 is 4.76. The Morgan fingerprint density at radius 2 is 1.43 bits per heavy atom. The summed E-state index contributed by atoms with van der Waals surface area (Å²) in [6, 6.07) is 24.2. The molecule has 0 bridgehead atoms. The van der Waals surface area contributed by atoms with Gasteiger partial charge in [0.15, 0.2) is 6.61 Å². The van der Waals surface area contributed by atoms with Crippen LogP contribution >= 0.6 is 23.2 Å². The van der Waals surface area contributed by atoms with E-state index in [0.29, 0.717) is 22.2 Å². The normalized spacial score (nSPS) is 8.73. The molecule has 0 fully saturated rings. The third-order valence-corrected chi connectivity index (χ3v) is 3.42. The standard InChI is InChI=1S/C11H9Cl2NO2.2C6H6O/c12-6-1-2-7-16-11(15)14-10-5-3-4-9(13)8-10;2*7-6-4-2-1-3-5-6/h3-5,8H,6-7H2,(H,14,15);2*1-5,7H. The molecule has 0 unspecified atom stereocenters. The van der Waals surface area contributed by atoms with Crippen molar-refractivity contribution in [3.63, 3.8) is 0 Å². The monoisotopic (exact) mass is 445 g/mol. The predicted molar refractivity (Wildman–Crippen MR) is 121 cm³/mol. The van der Waals surface area contributed by atoms with Crippen LogP contribution in [0.25, 0.3) is 0 Å². The van der Waals surface area contributed by atoms with Gasteiger partial charge in [-0.15, -0.1) is 11.6 Å². The molecule has 0 aromatic heterocycles. The van der Waals surface area contributed by atoms with Gasteiger partial charge in [-0.05, 0) is 42.5 Å². The number of phenols is 2. The highest BCUT2D eigenvalue weighted by Crippen LogP contribution is 2.14. The van der Waals surface area contributed by atoms with Crippen molar-refractivity contribution in [2.45, 2.75) is 0 Å². The number of hydrogen-bond donors (Lipinski definition) is 3. The highest BCUT2D eigenvalue weighted by Gasteiger charge is 2.01. The third-order valence-electron chi connectivity index (χ3n) is 3.05. The van der Waals surface area contributed by atoms with Crippen molar-refractivity contribution in [2.24, 2.45) is 0 Å². The van der Waals surface area contributed by atoms with Crippen molar-refractivity contribution in [3.05, 3.63) is 90.0 Å². The molecular formula is C23H21Cl2NO4. The van der Waals surface area contributed by atoms with Crippen LogP contribution in [0.1, 0.15) is 0 Å². The number of para-hydroxylation sites is 2. The summed E-state index contributed by atoms with van der Waals surface area (Å²) in [5.41, 5.74) is 0.572. The number of rotatable bonds is 2. The molecule has 3 aromatic carbocycles. The minimum atomic E-state index is -0.578. The van der Waals surface area contributed by atoms with E-state index in [4.69, 9.17) is 38.2 Å². The zero-order chi connectivity index (χ0) is 22.0. The number of alkyl halides is 1. The lowest BCUT2D eigenvalue weighted by Crippen LogP contribution is -2.13. The van der Waals surface area contributed by atoms with E-state index in [9.17, 15) is 4.79 Å². The molecule has 3 rings (SSSR count). The van der Waals surface area contributed by atoms with Gasteiger partial charge in [-0.3, -0.25) is 5.32 Å². The Balaban J connectivity index is 0.000000263. The number of aromatic hydroxyl groups is 2. The van der Waals surface area contributed by atoms with Crippen LogP contribution in [-0.4, -0.2) is 28.8 Å². The van der Waals surface area contributed by atoms with Gasteiger partial charge in [0, 0.05) is 10.7 Å². The van der Waals surface area contributed by atoms with Crippen LogP contribution in [0.3, 0.4) is 0 Å². The SMILES string of the molecule is O=C(Nc1cccc(Cl)c1)OCC#CCCl.Oc1ccccc1.Oc1ccccc1. The molecule has 156 valence electrons. The third kappa shape index (κ3) is 12.9. The molecule has 0 saturated carbocycles. The Kier molecular flexibility index (Phi) is 12.8. The molecule has 3 aromatic rings. The molecule has 7 heteroatoms. The van der Waals surface area contributed by atoms with Crippen molar-refractivity contribution >= 4 is 35.0 Å². The van der Waals surface area contributed by atoms with E-state index in [2.05, 4.69) is 17.2 Å². The summed E-state index contributed by atoms with van der Waals surface area (Å²) in [7, 11) is 0. The number of anilines is 1. The summed E-state index contributed by atoms with van der Waals surface area (Å²) in [5, 5.41) is 20.3. The Bertz CT molecular complexity index is 888. The first-order chi connectivity index (χ1) is 14.5. The fourth-order valence-electron chi connectivity index (χ4n) is 1.78. The van der Waals surface area contributed by atoms with Crippen molar-refractivity contribution in [1.82, 2.24) is 0 Å². The summed E-state index contributed by atoms with van der Waals surface area (Å²) in [6.45, 7) is 0.0130. The first kappa shape index (κ1) is 24.7. The van der Waals surface area contributed by atoms with Gasteiger partial charge in [0.1, 0.15) is 11.5 Å². The number of nitrogens with one attached hydrogen (secondary N) is 1. The van der Waals surface area contributed by atoms with E-state index in [1.165, 1.54) is 0 Å². The van der Waals surface area contributed by atoms with Crippen LogP contribution in [0.5, 0.6) is 11.5 Å². The minimum absolute atomic E-state index is 0.0130. The lowest BCUT2D eigenvalue weighted by molar-refractivity contribution is 0.176. The summed E-state index contributed by atoms with van der Waals surface area (Å²) in [6.07, 6.45) is -0.578. The second-order valence-electron chi connectivity index (χ2n) is 5.37. The van der Waals surface area contributed by atoms with Gasteiger partial charge in [-0.2, -0.15) is 0 Å². The fraction of sp³-hybridized carbons (Fsp3) is 0.0870. The molecular weight excluding hydrogens is 425 g/mol. The van der Waals surface area contributed by atoms with Crippen molar-refractivity contribution < 1.29 is 19.7 Å². The number of ether oxygens (including phenoxy) is 1. The molecule has 0 spiro atoms. The zero-order valence-electron chi connectivity index (χ0n) is 16.0. The van der Waals surface area contributed by atoms with Gasteiger partial charge < -0.3 is 14.9 Å². The van der Waals surface area contributed by atoms with Crippen LogP contribution in [0.4, 0.5) is 10.5 Å². The van der Waals surface area contributed by atoms with Gasteiger partial charge in [-0.25, -0.2) is 4.79 Å². The van der Waals surface area contributed by atoms with Gasteiger partial charge >= 0.3 is 6.09 Å². The molecule has 0 radical (unpaired) electrons. The lowest BCUT2D eigenvalue weighted by atomic mass is 10.3. The average Bonchev–Trinajstić information content (AvgIpc) is 2.73. The van der Waals surface area contributed by atoms with Gasteiger partial charge in [0.05, 0.1) is 5.88 Å². The smallest absolute Gasteiger partial charge is 0.412 e. The van der Waals surface area contributed by atoms with E-state index in [1.54, 1.807) is 72.8 Å². The molecule has 0 saturated heterocycles. The number of amides is 1. The van der Waals surface area contributed by atoms with E-state index >= 15 is 0 Å². The molecule has 30 heavy (non-hydrogen) atoms. The number of carbonyl (C=O) groups is 1. The largest absolute Gasteiger partial charge is 0.508 e. The van der Waals surface area contributed by atoms with Crippen LogP contribution < -0.4 is 5.32 Å². The average molecular weight is 446 g/mol. The van der Waals surface area contributed by atoms with Gasteiger partial charge in [-0.1, -0.05) is 65.9 Å². The van der Waals surface area contributed by atoms with Crippen molar-refractivity contribution in [2.75, 3.05) is 17.8 Å². The van der Waals surface area contributed by atoms with E-state index in [0.717, 1.165) is 0 Å². The maximum atomic E-state index is 11.2. The first-order valence-corrected chi connectivity index (χ1v) is 9.61. The van der Waals surface area contributed by atoms with Crippen molar-refractivity contribution in [1.29, 1.82) is 0 Å². The minimum Gasteiger partial charge on any atom is -0.508 e. The Labute approximate surface area is 185 Å². The maximum Gasteiger partial charge on any atom is 0.412 e. The first-order valence-electron chi connectivity index (χ1n) is 8.70. The van der Waals surface area contributed by atoms with E-state index in [1.807, 2.05) is 12.1 Å². The molecule has 0 aliphatic heterocycles. The lowest BCUT2D eigenvalue weighted by Gasteiger charge is -2.04. The zero-order valence-corrected chi connectivity index (χ0v) is 17.5. The Morgan fingerprint density at radius 1 is 0.867 bits per heavy atom. The van der Waals surface area contributed by atoms with Gasteiger partial charge in [0.2, 0.25) is 0 Å². The predicted octanol–water partition coefficient (Wildman–Crippen LogP) is 5.92. The number of halogens is 2. The summed E-state index contributed by atoms with van der Waals surface area (Å²) >= 11 is 11.1. The molecule has 1 amide bonds. The van der Waals surface area contributed by atoms with E-state index < -0.39 is 6.09 Å². The summed E-state index contributed by atoms with van der Waals surface area (Å²) in [5.74, 6) is 6.00. The van der Waals surface area contributed by atoms with Crippen LogP contribution in [0.15, 0.2) is 84.9 Å². The Hall–Kier alpha value is -3.33. The van der Waals surface area contributed by atoms with Crippen LogP contribution in [0, 0.1) is 11.8 Å². The number of carbonyl (C=O) groups excluding carboxylic acids is 1. The number of hydrogen-bond acceptors (Lipinski definition) is 4. The van der Waals surface area contributed by atoms with Gasteiger partial charge in [0.25, 0.3) is 0 Å². The Morgan fingerprint density at radius 3 is 1.87 bits per heavy atom. The number of phenolic OH excluding ortho intramolecular Hbond substituents is 2. The quantitative estimate of drug-likeness (QED) is 0.338. The molecule has 3 N–H and O–H groups in total. The van der Waals surface area contributed by atoms with Crippen molar-refractivity contribution in [3.8, 4) is 23.3 Å². The molecule has 0 aliphatic rings. The fourth-order valence-corrected chi connectivity index (χ4v) is 2.06. The second-order valence-corrected chi connectivity index (χ2v) is 6.07. The topological polar surface area (TPSA) is 78.8 Å². The molecule has 5 nitrogen and oxygen atoms in total. The second kappa shape index (κ2) is 15.6.